The molecule has 108 valence electrons. The smallest absolute Gasteiger partial charge is 0.317 e. The first kappa shape index (κ1) is 15.6. The number of hydrogen-bond donors (Lipinski definition) is 1. The second kappa shape index (κ2) is 6.14. The second-order valence-corrected chi connectivity index (χ2v) is 5.63. The number of carboxylic acids is 1. The van der Waals surface area contributed by atoms with E-state index in [0.717, 1.165) is 0 Å². The van der Waals surface area contributed by atoms with Gasteiger partial charge in [0.15, 0.2) is 0 Å². The minimum Gasteiger partial charge on any atom is -0.480 e. The Bertz CT molecular complexity index is 379. The van der Waals surface area contributed by atoms with Crippen LogP contribution in [-0.2, 0) is 14.4 Å². The van der Waals surface area contributed by atoms with Crippen LogP contribution >= 0.6 is 0 Å². The van der Waals surface area contributed by atoms with Crippen LogP contribution in [0.15, 0.2) is 0 Å². The summed E-state index contributed by atoms with van der Waals surface area (Å²) in [7, 11) is 0. The molecule has 1 unspecified atom stereocenters. The predicted molar refractivity (Wildman–Crippen MR) is 69.4 cm³/mol. The van der Waals surface area contributed by atoms with E-state index in [4.69, 9.17) is 5.11 Å². The maximum atomic E-state index is 12.2. The maximum absolute atomic E-state index is 12.2. The Kier molecular flexibility index (Phi) is 5.05. The average molecular weight is 270 g/mol. The van der Waals surface area contributed by atoms with Gasteiger partial charge in [-0.05, 0) is 19.8 Å². The summed E-state index contributed by atoms with van der Waals surface area (Å²) in [6.07, 6.45) is 0.0804. The SMILES string of the molecule is CC(C)CN(CC(=O)O)C1CC(=O)N(C(C)C)C1=O. The predicted octanol–water partition coefficient (Wildman–Crippen LogP) is 0.565. The molecule has 1 aliphatic heterocycles. The van der Waals surface area contributed by atoms with Crippen LogP contribution < -0.4 is 0 Å². The van der Waals surface area contributed by atoms with Gasteiger partial charge < -0.3 is 5.11 Å². The van der Waals surface area contributed by atoms with Crippen molar-refractivity contribution in [3.05, 3.63) is 0 Å². The fourth-order valence-corrected chi connectivity index (χ4v) is 2.41. The molecular weight excluding hydrogens is 248 g/mol. The van der Waals surface area contributed by atoms with Crippen LogP contribution in [0, 0.1) is 5.92 Å². The molecule has 1 N–H and O–H groups in total. The fraction of sp³-hybridized carbons (Fsp3) is 0.769. The minimum absolute atomic E-state index is 0.0804. The van der Waals surface area contributed by atoms with Crippen molar-refractivity contribution >= 4 is 17.8 Å². The number of likely N-dealkylation sites (tertiary alicyclic amines) is 1. The molecule has 1 heterocycles. The lowest BCUT2D eigenvalue weighted by molar-refractivity contribution is -0.142. The number of amides is 2. The molecule has 1 aliphatic rings. The van der Waals surface area contributed by atoms with E-state index in [1.165, 1.54) is 4.90 Å². The Labute approximate surface area is 113 Å². The molecule has 1 atom stereocenters. The summed E-state index contributed by atoms with van der Waals surface area (Å²) in [4.78, 5) is 37.8. The molecule has 2 amide bonds. The topological polar surface area (TPSA) is 77.9 Å². The van der Waals surface area contributed by atoms with Gasteiger partial charge in [-0.1, -0.05) is 13.8 Å². The summed E-state index contributed by atoms with van der Waals surface area (Å²) in [6.45, 7) is 7.74. The molecule has 0 saturated carbocycles. The first-order valence-corrected chi connectivity index (χ1v) is 6.55. The highest BCUT2D eigenvalue weighted by molar-refractivity contribution is 6.05. The lowest BCUT2D eigenvalue weighted by atomic mass is 10.1. The lowest BCUT2D eigenvalue weighted by Crippen LogP contribution is -2.47. The Morgan fingerprint density at radius 2 is 1.95 bits per heavy atom. The number of rotatable bonds is 6. The van der Waals surface area contributed by atoms with Gasteiger partial charge in [0, 0.05) is 12.6 Å². The van der Waals surface area contributed by atoms with Crippen molar-refractivity contribution in [3.8, 4) is 0 Å². The monoisotopic (exact) mass is 270 g/mol. The van der Waals surface area contributed by atoms with Crippen LogP contribution in [0.25, 0.3) is 0 Å². The number of carboxylic acid groups (broad SMARTS) is 1. The van der Waals surface area contributed by atoms with E-state index >= 15 is 0 Å². The van der Waals surface area contributed by atoms with Gasteiger partial charge in [0.25, 0.3) is 0 Å². The number of carbonyl (C=O) groups excluding carboxylic acids is 2. The molecule has 0 aromatic rings. The third-order valence-electron chi connectivity index (χ3n) is 3.05. The quantitative estimate of drug-likeness (QED) is 0.714. The van der Waals surface area contributed by atoms with E-state index in [1.807, 2.05) is 13.8 Å². The molecule has 6 nitrogen and oxygen atoms in total. The largest absolute Gasteiger partial charge is 0.480 e. The third kappa shape index (κ3) is 3.76. The van der Waals surface area contributed by atoms with Gasteiger partial charge in [-0.3, -0.25) is 24.2 Å². The van der Waals surface area contributed by atoms with E-state index in [2.05, 4.69) is 0 Å². The number of imide groups is 1. The van der Waals surface area contributed by atoms with Crippen LogP contribution in [0.2, 0.25) is 0 Å². The van der Waals surface area contributed by atoms with Gasteiger partial charge in [0.05, 0.1) is 19.0 Å². The Balaban J connectivity index is 2.88. The van der Waals surface area contributed by atoms with Gasteiger partial charge in [0.2, 0.25) is 11.8 Å². The van der Waals surface area contributed by atoms with E-state index in [1.54, 1.807) is 18.7 Å². The number of nitrogens with zero attached hydrogens (tertiary/aromatic N) is 2. The van der Waals surface area contributed by atoms with Crippen LogP contribution in [0.5, 0.6) is 0 Å². The summed E-state index contributed by atoms with van der Waals surface area (Å²) >= 11 is 0. The van der Waals surface area contributed by atoms with Crippen molar-refractivity contribution < 1.29 is 19.5 Å². The lowest BCUT2D eigenvalue weighted by Gasteiger charge is -2.27. The summed E-state index contributed by atoms with van der Waals surface area (Å²) in [5.74, 6) is -1.25. The summed E-state index contributed by atoms with van der Waals surface area (Å²) in [5.41, 5.74) is 0. The van der Waals surface area contributed by atoms with Gasteiger partial charge in [0.1, 0.15) is 0 Å². The maximum Gasteiger partial charge on any atom is 0.317 e. The fourth-order valence-electron chi connectivity index (χ4n) is 2.41. The zero-order valence-electron chi connectivity index (χ0n) is 11.9. The Hall–Kier alpha value is -1.43. The molecule has 0 aromatic heterocycles. The molecular formula is C13H22N2O4. The molecule has 1 fully saturated rings. The number of hydrogen-bond acceptors (Lipinski definition) is 4. The molecule has 0 aromatic carbocycles. The first-order valence-electron chi connectivity index (χ1n) is 6.55. The molecule has 19 heavy (non-hydrogen) atoms. The summed E-state index contributed by atoms with van der Waals surface area (Å²) in [5, 5.41) is 8.93. The van der Waals surface area contributed by atoms with Gasteiger partial charge in [-0.25, -0.2) is 0 Å². The zero-order chi connectivity index (χ0) is 14.7. The minimum atomic E-state index is -0.983. The van der Waals surface area contributed by atoms with Crippen molar-refractivity contribution in [3.63, 3.8) is 0 Å². The molecule has 1 saturated heterocycles. The van der Waals surface area contributed by atoms with Crippen molar-refractivity contribution in [1.29, 1.82) is 0 Å². The van der Waals surface area contributed by atoms with Crippen LogP contribution in [0.1, 0.15) is 34.1 Å². The molecule has 1 rings (SSSR count). The van der Waals surface area contributed by atoms with Crippen molar-refractivity contribution in [2.24, 2.45) is 5.92 Å². The summed E-state index contributed by atoms with van der Waals surface area (Å²) < 4.78 is 0. The van der Waals surface area contributed by atoms with Crippen LogP contribution in [-0.4, -0.2) is 57.9 Å². The second-order valence-electron chi connectivity index (χ2n) is 5.63. The van der Waals surface area contributed by atoms with Crippen LogP contribution in [0.3, 0.4) is 0 Å². The molecule has 0 spiro atoms. The number of carbonyl (C=O) groups is 3. The van der Waals surface area contributed by atoms with Gasteiger partial charge in [-0.2, -0.15) is 0 Å². The molecule has 0 aliphatic carbocycles. The standard InChI is InChI=1S/C13H22N2O4/c1-8(2)6-14(7-12(17)18)10-5-11(16)15(9(3)4)13(10)19/h8-10H,5-7H2,1-4H3,(H,17,18). The van der Waals surface area contributed by atoms with Crippen molar-refractivity contribution in [1.82, 2.24) is 9.80 Å². The summed E-state index contributed by atoms with van der Waals surface area (Å²) in [6, 6.07) is -0.816. The van der Waals surface area contributed by atoms with E-state index < -0.39 is 12.0 Å². The number of aliphatic carboxylic acids is 1. The zero-order valence-corrected chi connectivity index (χ0v) is 11.9. The Morgan fingerprint density at radius 1 is 1.37 bits per heavy atom. The van der Waals surface area contributed by atoms with Crippen molar-refractivity contribution in [2.75, 3.05) is 13.1 Å². The highest BCUT2D eigenvalue weighted by Crippen LogP contribution is 2.21. The average Bonchev–Trinajstić information content (AvgIpc) is 2.51. The van der Waals surface area contributed by atoms with Gasteiger partial charge in [-0.15, -0.1) is 0 Å². The Morgan fingerprint density at radius 3 is 2.32 bits per heavy atom. The van der Waals surface area contributed by atoms with E-state index in [-0.39, 0.29) is 36.7 Å². The molecule has 0 radical (unpaired) electrons. The van der Waals surface area contributed by atoms with E-state index in [9.17, 15) is 14.4 Å². The van der Waals surface area contributed by atoms with Crippen LogP contribution in [0.4, 0.5) is 0 Å². The van der Waals surface area contributed by atoms with E-state index in [0.29, 0.717) is 6.54 Å². The molecule has 6 heteroatoms. The van der Waals surface area contributed by atoms with Gasteiger partial charge >= 0.3 is 5.97 Å². The third-order valence-corrected chi connectivity index (χ3v) is 3.05. The molecule has 0 bridgehead atoms. The first-order chi connectivity index (χ1) is 8.73. The van der Waals surface area contributed by atoms with Crippen molar-refractivity contribution in [2.45, 2.75) is 46.2 Å². The highest BCUT2D eigenvalue weighted by Gasteiger charge is 2.43. The normalized spacial score (nSPS) is 20.2. The highest BCUT2D eigenvalue weighted by atomic mass is 16.4.